The Balaban J connectivity index is 1.38. The number of ether oxygens (including phenoxy) is 2. The van der Waals surface area contributed by atoms with Gasteiger partial charge in [0.15, 0.2) is 0 Å². The van der Waals surface area contributed by atoms with Gasteiger partial charge in [-0.1, -0.05) is 36.4 Å². The Morgan fingerprint density at radius 2 is 1.84 bits per heavy atom. The standard InChI is InChI=1S/C30H32N2O5S/c1-21-19-23(37-20-22-7-3-2-4-8-22)10-11-24(21)28(33)26-27(25-9-5-18-38-25)32(30(35)29(26)34)13-6-12-31-14-16-36-17-15-31/h2-5,7-11,18-19,27,33H,6,12-17,20H2,1H3/t27-/m1/s1. The van der Waals surface area contributed by atoms with Crippen LogP contribution in [-0.2, 0) is 20.9 Å². The summed E-state index contributed by atoms with van der Waals surface area (Å²) in [7, 11) is 0. The van der Waals surface area contributed by atoms with Gasteiger partial charge in [-0.15, -0.1) is 11.3 Å². The first-order valence-corrected chi connectivity index (χ1v) is 13.8. The normalized spacial score (nSPS) is 19.7. The SMILES string of the molecule is Cc1cc(OCc2ccccc2)ccc1C(O)=C1C(=O)C(=O)N(CCCN2CCOCC2)[C@@H]1c1cccs1. The number of rotatable bonds is 9. The van der Waals surface area contributed by atoms with Gasteiger partial charge in [-0.25, -0.2) is 0 Å². The van der Waals surface area contributed by atoms with Crippen LogP contribution in [0.4, 0.5) is 0 Å². The Hall–Kier alpha value is -3.46. The number of nitrogens with zero attached hydrogens (tertiary/aromatic N) is 2. The number of carbonyl (C=O) groups is 2. The molecule has 2 fully saturated rings. The first-order chi connectivity index (χ1) is 18.5. The predicted octanol–water partition coefficient (Wildman–Crippen LogP) is 4.78. The van der Waals surface area contributed by atoms with Crippen LogP contribution >= 0.6 is 11.3 Å². The number of morpholine rings is 1. The number of carbonyl (C=O) groups excluding carboxylic acids is 2. The number of aliphatic hydroxyl groups excluding tert-OH is 1. The Morgan fingerprint density at radius 1 is 1.05 bits per heavy atom. The first kappa shape index (κ1) is 26.2. The lowest BCUT2D eigenvalue weighted by Crippen LogP contribution is -2.38. The van der Waals surface area contributed by atoms with E-state index in [2.05, 4.69) is 4.90 Å². The van der Waals surface area contributed by atoms with E-state index in [0.29, 0.717) is 24.5 Å². The maximum atomic E-state index is 13.3. The fourth-order valence-corrected chi connectivity index (χ4v) is 5.87. The molecule has 198 valence electrons. The molecule has 2 aliphatic rings. The van der Waals surface area contributed by atoms with Gasteiger partial charge in [-0.2, -0.15) is 0 Å². The number of aliphatic hydroxyl groups is 1. The van der Waals surface area contributed by atoms with Crippen molar-refractivity contribution in [1.82, 2.24) is 9.80 Å². The third kappa shape index (κ3) is 5.67. The molecular weight excluding hydrogens is 500 g/mol. The molecule has 2 aliphatic heterocycles. The number of aryl methyl sites for hydroxylation is 1. The van der Waals surface area contributed by atoms with Gasteiger partial charge in [0.1, 0.15) is 18.1 Å². The van der Waals surface area contributed by atoms with Crippen LogP contribution in [0.5, 0.6) is 5.75 Å². The largest absolute Gasteiger partial charge is 0.507 e. The zero-order valence-corrected chi connectivity index (χ0v) is 22.3. The van der Waals surface area contributed by atoms with E-state index in [1.165, 1.54) is 11.3 Å². The molecule has 1 amide bonds. The van der Waals surface area contributed by atoms with Crippen molar-refractivity contribution in [3.05, 3.63) is 93.2 Å². The Bertz CT molecular complexity index is 1300. The van der Waals surface area contributed by atoms with Gasteiger partial charge in [-0.05, 0) is 54.1 Å². The van der Waals surface area contributed by atoms with Gasteiger partial charge in [0.25, 0.3) is 11.7 Å². The second kappa shape index (κ2) is 11.9. The molecule has 3 aromatic rings. The van der Waals surface area contributed by atoms with E-state index in [4.69, 9.17) is 9.47 Å². The van der Waals surface area contributed by atoms with Gasteiger partial charge in [0, 0.05) is 36.6 Å². The lowest BCUT2D eigenvalue weighted by molar-refractivity contribution is -0.140. The summed E-state index contributed by atoms with van der Waals surface area (Å²) in [5, 5.41) is 13.3. The minimum Gasteiger partial charge on any atom is -0.507 e. The van der Waals surface area contributed by atoms with Gasteiger partial charge in [0.05, 0.1) is 24.8 Å². The minimum atomic E-state index is -0.643. The number of likely N-dealkylation sites (tertiary alicyclic amines) is 1. The average Bonchev–Trinajstić information content (AvgIpc) is 3.56. The first-order valence-electron chi connectivity index (χ1n) is 12.9. The summed E-state index contributed by atoms with van der Waals surface area (Å²) in [6.07, 6.45) is 0.738. The molecule has 0 unspecified atom stereocenters. The molecule has 0 radical (unpaired) electrons. The number of ketones is 1. The zero-order valence-electron chi connectivity index (χ0n) is 21.5. The number of benzene rings is 2. The molecule has 0 bridgehead atoms. The van der Waals surface area contributed by atoms with Gasteiger partial charge >= 0.3 is 0 Å². The topological polar surface area (TPSA) is 79.3 Å². The molecule has 8 heteroatoms. The number of amides is 1. The summed E-state index contributed by atoms with van der Waals surface area (Å²) in [6, 6.07) is 18.5. The Labute approximate surface area is 226 Å². The lowest BCUT2D eigenvalue weighted by Gasteiger charge is -2.28. The van der Waals surface area contributed by atoms with Crippen LogP contribution in [0.2, 0.25) is 0 Å². The predicted molar refractivity (Wildman–Crippen MR) is 147 cm³/mol. The van der Waals surface area contributed by atoms with E-state index < -0.39 is 17.7 Å². The molecule has 0 saturated carbocycles. The van der Waals surface area contributed by atoms with Crippen molar-refractivity contribution in [2.24, 2.45) is 0 Å². The number of hydrogen-bond acceptors (Lipinski definition) is 7. The number of thiophene rings is 1. The highest BCUT2D eigenvalue weighted by molar-refractivity contribution is 7.10. The van der Waals surface area contributed by atoms with E-state index in [-0.39, 0.29) is 11.3 Å². The second-order valence-electron chi connectivity index (χ2n) is 9.57. The van der Waals surface area contributed by atoms with Crippen LogP contribution in [0.1, 0.15) is 34.0 Å². The second-order valence-corrected chi connectivity index (χ2v) is 10.5. The van der Waals surface area contributed by atoms with Crippen LogP contribution in [0, 0.1) is 6.92 Å². The summed E-state index contributed by atoms with van der Waals surface area (Å²) in [5.41, 5.74) is 2.48. The van der Waals surface area contributed by atoms with Crippen LogP contribution in [0.3, 0.4) is 0 Å². The summed E-state index contributed by atoms with van der Waals surface area (Å²) >= 11 is 1.48. The number of hydrogen-bond donors (Lipinski definition) is 1. The van der Waals surface area contributed by atoms with Crippen LogP contribution in [0.15, 0.2) is 71.6 Å². The molecule has 1 atom stereocenters. The summed E-state index contributed by atoms with van der Waals surface area (Å²) in [4.78, 5) is 31.3. The fourth-order valence-electron chi connectivity index (χ4n) is 5.02. The molecule has 0 aliphatic carbocycles. The van der Waals surface area contributed by atoms with Crippen molar-refractivity contribution in [2.45, 2.75) is 26.0 Å². The van der Waals surface area contributed by atoms with E-state index in [9.17, 15) is 14.7 Å². The maximum absolute atomic E-state index is 13.3. The molecule has 3 heterocycles. The molecule has 1 aromatic heterocycles. The van der Waals surface area contributed by atoms with Crippen molar-refractivity contribution in [3.63, 3.8) is 0 Å². The van der Waals surface area contributed by atoms with Crippen molar-refractivity contribution >= 4 is 28.8 Å². The molecule has 38 heavy (non-hydrogen) atoms. The summed E-state index contributed by atoms with van der Waals surface area (Å²) in [6.45, 7) is 6.74. The summed E-state index contributed by atoms with van der Waals surface area (Å²) in [5.74, 6) is -0.686. The zero-order chi connectivity index (χ0) is 26.5. The van der Waals surface area contributed by atoms with E-state index in [0.717, 1.165) is 55.3 Å². The third-order valence-corrected chi connectivity index (χ3v) is 7.96. The van der Waals surface area contributed by atoms with Gasteiger partial charge in [-0.3, -0.25) is 14.5 Å². The van der Waals surface area contributed by atoms with Crippen molar-refractivity contribution < 1.29 is 24.2 Å². The molecule has 2 aromatic carbocycles. The van der Waals surface area contributed by atoms with Crippen LogP contribution in [-0.4, -0.2) is 66.0 Å². The van der Waals surface area contributed by atoms with E-state index >= 15 is 0 Å². The van der Waals surface area contributed by atoms with Crippen molar-refractivity contribution in [3.8, 4) is 5.75 Å². The van der Waals surface area contributed by atoms with Gasteiger partial charge < -0.3 is 19.5 Å². The average molecular weight is 533 g/mol. The molecule has 2 saturated heterocycles. The third-order valence-electron chi connectivity index (χ3n) is 7.03. The fraction of sp³-hybridized carbons (Fsp3) is 0.333. The molecule has 7 nitrogen and oxygen atoms in total. The van der Waals surface area contributed by atoms with E-state index in [1.54, 1.807) is 17.0 Å². The highest BCUT2D eigenvalue weighted by Gasteiger charge is 2.46. The minimum absolute atomic E-state index is 0.143. The summed E-state index contributed by atoms with van der Waals surface area (Å²) < 4.78 is 11.3. The van der Waals surface area contributed by atoms with Crippen LogP contribution in [0.25, 0.3) is 5.76 Å². The monoisotopic (exact) mass is 532 g/mol. The van der Waals surface area contributed by atoms with Crippen molar-refractivity contribution in [1.29, 1.82) is 0 Å². The van der Waals surface area contributed by atoms with Crippen molar-refractivity contribution in [2.75, 3.05) is 39.4 Å². The highest BCUT2D eigenvalue weighted by Crippen LogP contribution is 2.41. The maximum Gasteiger partial charge on any atom is 0.295 e. The smallest absolute Gasteiger partial charge is 0.295 e. The van der Waals surface area contributed by atoms with Crippen LogP contribution < -0.4 is 4.74 Å². The highest BCUT2D eigenvalue weighted by atomic mass is 32.1. The Kier molecular flexibility index (Phi) is 8.22. The molecule has 0 spiro atoms. The quantitative estimate of drug-likeness (QED) is 0.243. The molecular formula is C30H32N2O5S. The number of Topliss-reactive ketones (excluding diaryl/α,β-unsaturated/α-hetero) is 1. The molecule has 5 rings (SSSR count). The lowest BCUT2D eigenvalue weighted by atomic mass is 9.97. The Morgan fingerprint density at radius 3 is 2.55 bits per heavy atom. The van der Waals surface area contributed by atoms with Gasteiger partial charge in [0.2, 0.25) is 0 Å². The van der Waals surface area contributed by atoms with E-state index in [1.807, 2.05) is 60.8 Å². The molecule has 1 N–H and O–H groups in total.